The molecule has 100 valence electrons. The molecule has 0 saturated heterocycles. The summed E-state index contributed by atoms with van der Waals surface area (Å²) in [6, 6.07) is 6.08. The topological polar surface area (TPSA) is 101 Å². The largest absolute Gasteiger partial charge is 0.389 e. The third kappa shape index (κ3) is 3.37. The quantitative estimate of drug-likeness (QED) is 0.698. The van der Waals surface area contributed by atoms with Gasteiger partial charge in [-0.1, -0.05) is 24.4 Å². The number of hydrogen-bond donors (Lipinski definition) is 3. The molecule has 0 amide bonds. The molecule has 19 heavy (non-hydrogen) atoms. The highest BCUT2D eigenvalue weighted by Crippen LogP contribution is 2.11. The summed E-state index contributed by atoms with van der Waals surface area (Å²) in [7, 11) is -3.56. The molecule has 6 nitrogen and oxygen atoms in total. The van der Waals surface area contributed by atoms with Crippen LogP contribution in [-0.2, 0) is 16.6 Å². The second-order valence-corrected chi connectivity index (χ2v) is 6.00. The van der Waals surface area contributed by atoms with Crippen molar-refractivity contribution in [3.05, 3.63) is 48.0 Å². The van der Waals surface area contributed by atoms with Gasteiger partial charge in [-0.2, -0.15) is 0 Å². The monoisotopic (exact) mass is 296 g/mol. The fraction of sp³-hybridized carbons (Fsp3) is 0.0909. The van der Waals surface area contributed by atoms with Crippen LogP contribution in [0.1, 0.15) is 11.3 Å². The fourth-order valence-electron chi connectivity index (χ4n) is 1.44. The van der Waals surface area contributed by atoms with E-state index in [1.54, 1.807) is 18.3 Å². The molecule has 0 bridgehead atoms. The highest BCUT2D eigenvalue weighted by Gasteiger charge is 2.13. The summed E-state index contributed by atoms with van der Waals surface area (Å²) in [5.41, 5.74) is 6.76. The van der Waals surface area contributed by atoms with E-state index in [0.717, 1.165) is 0 Å². The van der Waals surface area contributed by atoms with Gasteiger partial charge < -0.3 is 10.7 Å². The van der Waals surface area contributed by atoms with Gasteiger partial charge in [-0.05, 0) is 12.1 Å². The molecule has 1 aromatic heterocycles. The van der Waals surface area contributed by atoms with Crippen molar-refractivity contribution in [2.24, 2.45) is 5.73 Å². The number of aromatic amines is 1. The van der Waals surface area contributed by atoms with E-state index in [4.69, 9.17) is 18.0 Å². The zero-order chi connectivity index (χ0) is 13.9. The van der Waals surface area contributed by atoms with Crippen LogP contribution in [0.5, 0.6) is 0 Å². The summed E-state index contributed by atoms with van der Waals surface area (Å²) >= 11 is 4.81. The van der Waals surface area contributed by atoms with E-state index in [0.29, 0.717) is 11.3 Å². The lowest BCUT2D eigenvalue weighted by Gasteiger charge is -2.06. The number of nitrogens with one attached hydrogen (secondary N) is 2. The number of nitrogens with zero attached hydrogens (tertiary/aromatic N) is 1. The average Bonchev–Trinajstić information content (AvgIpc) is 2.90. The molecule has 1 heterocycles. The third-order valence-electron chi connectivity index (χ3n) is 2.46. The molecule has 8 heteroatoms. The lowest BCUT2D eigenvalue weighted by Crippen LogP contribution is -2.23. The van der Waals surface area contributed by atoms with Crippen molar-refractivity contribution in [2.75, 3.05) is 0 Å². The second kappa shape index (κ2) is 5.47. The van der Waals surface area contributed by atoms with Crippen molar-refractivity contribution in [1.29, 1.82) is 0 Å². The van der Waals surface area contributed by atoms with Crippen molar-refractivity contribution < 1.29 is 8.42 Å². The normalized spacial score (nSPS) is 11.4. The van der Waals surface area contributed by atoms with Crippen LogP contribution in [0.3, 0.4) is 0 Å². The molecule has 1 aromatic carbocycles. The minimum Gasteiger partial charge on any atom is -0.389 e. The summed E-state index contributed by atoms with van der Waals surface area (Å²) in [5.74, 6) is 0. The molecule has 0 saturated carbocycles. The number of imidazole rings is 1. The van der Waals surface area contributed by atoms with Gasteiger partial charge in [-0.15, -0.1) is 0 Å². The lowest BCUT2D eigenvalue weighted by molar-refractivity contribution is 0.580. The first-order valence-corrected chi connectivity index (χ1v) is 7.25. The maximum Gasteiger partial charge on any atom is 0.240 e. The molecule has 0 unspecified atom stereocenters. The number of benzene rings is 1. The number of thiocarbonyl (C=S) groups is 1. The van der Waals surface area contributed by atoms with E-state index in [-0.39, 0.29) is 16.4 Å². The number of sulfonamides is 1. The van der Waals surface area contributed by atoms with E-state index in [9.17, 15) is 8.42 Å². The predicted molar refractivity (Wildman–Crippen MR) is 74.9 cm³/mol. The lowest BCUT2D eigenvalue weighted by atomic mass is 10.2. The van der Waals surface area contributed by atoms with E-state index in [1.807, 2.05) is 0 Å². The number of H-pyrrole nitrogens is 1. The van der Waals surface area contributed by atoms with Crippen molar-refractivity contribution in [2.45, 2.75) is 11.4 Å². The minimum absolute atomic E-state index is 0.152. The van der Waals surface area contributed by atoms with Gasteiger partial charge in [0.15, 0.2) is 0 Å². The molecular formula is C11H12N4O2S2. The van der Waals surface area contributed by atoms with Crippen LogP contribution in [0.15, 0.2) is 41.7 Å². The standard InChI is InChI=1S/C11H12N4O2S2/c12-11(18)8-1-3-10(4-2-8)19(16,17)15-6-9-5-13-7-14-9/h1-5,7,15H,6H2,(H2,12,18)(H,13,14). The number of nitrogens with two attached hydrogens (primary N) is 1. The average molecular weight is 296 g/mol. The first-order chi connectivity index (χ1) is 8.99. The van der Waals surface area contributed by atoms with Gasteiger partial charge >= 0.3 is 0 Å². The van der Waals surface area contributed by atoms with Crippen molar-refractivity contribution in [3.63, 3.8) is 0 Å². The highest BCUT2D eigenvalue weighted by molar-refractivity contribution is 7.89. The van der Waals surface area contributed by atoms with E-state index >= 15 is 0 Å². The first-order valence-electron chi connectivity index (χ1n) is 5.36. The number of rotatable bonds is 5. The minimum atomic E-state index is -3.56. The maximum absolute atomic E-state index is 12.0. The zero-order valence-electron chi connectivity index (χ0n) is 9.83. The van der Waals surface area contributed by atoms with Gasteiger partial charge in [0.25, 0.3) is 0 Å². The molecule has 0 fully saturated rings. The summed E-state index contributed by atoms with van der Waals surface area (Å²) in [6.07, 6.45) is 3.04. The molecule has 0 aliphatic carbocycles. The maximum atomic E-state index is 12.0. The number of aromatic nitrogens is 2. The summed E-state index contributed by atoms with van der Waals surface area (Å²) in [4.78, 5) is 7.01. The Hall–Kier alpha value is -1.77. The molecular weight excluding hydrogens is 284 g/mol. The summed E-state index contributed by atoms with van der Waals surface area (Å²) < 4.78 is 26.5. The van der Waals surface area contributed by atoms with E-state index < -0.39 is 10.0 Å². The van der Waals surface area contributed by atoms with Crippen LogP contribution in [0.4, 0.5) is 0 Å². The zero-order valence-corrected chi connectivity index (χ0v) is 11.5. The molecule has 2 aromatic rings. The van der Waals surface area contributed by atoms with Crippen LogP contribution in [-0.4, -0.2) is 23.4 Å². The molecule has 0 spiro atoms. The van der Waals surface area contributed by atoms with Gasteiger partial charge in [-0.3, -0.25) is 0 Å². The van der Waals surface area contributed by atoms with Gasteiger partial charge in [0.05, 0.1) is 17.8 Å². The Morgan fingerprint density at radius 2 is 2.05 bits per heavy atom. The molecule has 4 N–H and O–H groups in total. The van der Waals surface area contributed by atoms with Crippen LogP contribution in [0.2, 0.25) is 0 Å². The van der Waals surface area contributed by atoms with Crippen LogP contribution in [0.25, 0.3) is 0 Å². The Bertz CT molecular complexity index is 663. The van der Waals surface area contributed by atoms with Crippen LogP contribution < -0.4 is 10.5 Å². The Labute approximate surface area is 116 Å². The van der Waals surface area contributed by atoms with E-state index in [2.05, 4.69) is 14.7 Å². The van der Waals surface area contributed by atoms with Gasteiger partial charge in [-0.25, -0.2) is 18.1 Å². The van der Waals surface area contributed by atoms with Crippen molar-refractivity contribution in [1.82, 2.24) is 14.7 Å². The Balaban J connectivity index is 2.13. The summed E-state index contributed by atoms with van der Waals surface area (Å²) in [5, 5.41) is 0. The van der Waals surface area contributed by atoms with Crippen LogP contribution in [0, 0.1) is 0 Å². The van der Waals surface area contributed by atoms with E-state index in [1.165, 1.54) is 18.5 Å². The van der Waals surface area contributed by atoms with Gasteiger partial charge in [0.1, 0.15) is 4.99 Å². The second-order valence-electron chi connectivity index (χ2n) is 3.79. The predicted octanol–water partition coefficient (Wildman–Crippen LogP) is 0.522. The molecule has 0 aliphatic rings. The third-order valence-corrected chi connectivity index (χ3v) is 4.11. The Morgan fingerprint density at radius 1 is 1.37 bits per heavy atom. The van der Waals surface area contributed by atoms with Crippen molar-refractivity contribution >= 4 is 27.2 Å². The molecule has 0 atom stereocenters. The molecule has 0 aliphatic heterocycles. The Morgan fingerprint density at radius 3 is 2.58 bits per heavy atom. The Kier molecular flexibility index (Phi) is 3.93. The summed E-state index contributed by atoms with van der Waals surface area (Å²) in [6.45, 7) is 0.152. The van der Waals surface area contributed by atoms with Crippen LogP contribution >= 0.6 is 12.2 Å². The smallest absolute Gasteiger partial charge is 0.240 e. The van der Waals surface area contributed by atoms with Gasteiger partial charge in [0, 0.05) is 17.5 Å². The SMILES string of the molecule is NC(=S)c1ccc(S(=O)(=O)NCc2cnc[nH]2)cc1. The highest BCUT2D eigenvalue weighted by atomic mass is 32.2. The fourth-order valence-corrected chi connectivity index (χ4v) is 2.58. The number of hydrogen-bond acceptors (Lipinski definition) is 4. The molecule has 2 rings (SSSR count). The van der Waals surface area contributed by atoms with Gasteiger partial charge in [0.2, 0.25) is 10.0 Å². The first kappa shape index (κ1) is 13.7. The van der Waals surface area contributed by atoms with Crippen molar-refractivity contribution in [3.8, 4) is 0 Å². The molecule has 0 radical (unpaired) electrons.